The number of carbonyl (C=O) groups excluding carboxylic acids is 1. The third kappa shape index (κ3) is 3.45. The Labute approximate surface area is 119 Å². The van der Waals surface area contributed by atoms with E-state index in [9.17, 15) is 23.1 Å². The number of aromatic hydroxyl groups is 1. The average molecular weight is 297 g/mol. The van der Waals surface area contributed by atoms with Crippen molar-refractivity contribution in [3.8, 4) is 5.75 Å². The summed E-state index contributed by atoms with van der Waals surface area (Å²) in [6.45, 7) is -0.450. The van der Waals surface area contributed by atoms with Gasteiger partial charge in [0, 0.05) is 19.0 Å². The Morgan fingerprint density at radius 3 is 2.52 bits per heavy atom. The largest absolute Gasteiger partial charge is 0.506 e. The van der Waals surface area contributed by atoms with Crippen LogP contribution < -0.4 is 0 Å². The molecule has 2 rings (SSSR count). The minimum Gasteiger partial charge on any atom is -0.506 e. The highest BCUT2D eigenvalue weighted by Crippen LogP contribution is 2.29. The van der Waals surface area contributed by atoms with E-state index < -0.39 is 25.0 Å². The van der Waals surface area contributed by atoms with Crippen molar-refractivity contribution in [1.29, 1.82) is 0 Å². The van der Waals surface area contributed by atoms with Crippen LogP contribution in [-0.4, -0.2) is 35.7 Å². The molecule has 0 aliphatic carbocycles. The summed E-state index contributed by atoms with van der Waals surface area (Å²) in [6.07, 6.45) is -5.40. The van der Waals surface area contributed by atoms with E-state index in [2.05, 4.69) is 0 Å². The molecule has 0 saturated heterocycles. The quantitative estimate of drug-likeness (QED) is 0.941. The van der Waals surface area contributed by atoms with E-state index in [1.165, 1.54) is 13.1 Å². The van der Waals surface area contributed by atoms with Crippen LogP contribution in [0.15, 0.2) is 36.4 Å². The zero-order valence-electron chi connectivity index (χ0n) is 11.3. The maximum absolute atomic E-state index is 12.2. The van der Waals surface area contributed by atoms with Crippen LogP contribution in [0.5, 0.6) is 5.75 Å². The minimum absolute atomic E-state index is 0.00151. The van der Waals surface area contributed by atoms with Gasteiger partial charge in [-0.2, -0.15) is 13.2 Å². The standard InChI is InChI=1S/C15H14F3NO2/c1-19(9-8-15(16,17)18)14(21)12-7-6-10-4-2-3-5-11(10)13(12)20/h2-7,20H,8-9H2,1H3. The summed E-state index contributed by atoms with van der Waals surface area (Å²) in [5.74, 6) is -0.848. The first-order valence-electron chi connectivity index (χ1n) is 6.32. The SMILES string of the molecule is CN(CCC(F)(F)F)C(=O)c1ccc2ccccc2c1O. The van der Waals surface area contributed by atoms with Crippen molar-refractivity contribution in [2.45, 2.75) is 12.6 Å². The van der Waals surface area contributed by atoms with E-state index in [0.717, 1.165) is 10.3 Å². The fourth-order valence-corrected chi connectivity index (χ4v) is 2.03. The number of phenols is 1. The number of halogens is 3. The molecular weight excluding hydrogens is 283 g/mol. The minimum atomic E-state index is -4.32. The molecule has 0 aromatic heterocycles. The van der Waals surface area contributed by atoms with Gasteiger partial charge in [-0.15, -0.1) is 0 Å². The summed E-state index contributed by atoms with van der Waals surface area (Å²) >= 11 is 0. The number of amides is 1. The Morgan fingerprint density at radius 1 is 1.19 bits per heavy atom. The van der Waals surface area contributed by atoms with Crippen molar-refractivity contribution in [3.63, 3.8) is 0 Å². The van der Waals surface area contributed by atoms with Crippen LogP contribution in [0, 0.1) is 0 Å². The van der Waals surface area contributed by atoms with Crippen molar-refractivity contribution < 1.29 is 23.1 Å². The fourth-order valence-electron chi connectivity index (χ4n) is 2.03. The molecule has 0 atom stereocenters. The Hall–Kier alpha value is -2.24. The first-order chi connectivity index (χ1) is 9.79. The molecule has 0 saturated carbocycles. The number of benzene rings is 2. The van der Waals surface area contributed by atoms with Crippen LogP contribution in [0.3, 0.4) is 0 Å². The molecule has 1 N–H and O–H groups in total. The highest BCUT2D eigenvalue weighted by Gasteiger charge is 2.28. The Balaban J connectivity index is 2.25. The molecule has 2 aromatic carbocycles. The van der Waals surface area contributed by atoms with Gasteiger partial charge in [0.25, 0.3) is 5.91 Å². The molecule has 0 unspecified atom stereocenters. The molecule has 21 heavy (non-hydrogen) atoms. The molecule has 0 radical (unpaired) electrons. The molecule has 0 fully saturated rings. The highest BCUT2D eigenvalue weighted by molar-refractivity contribution is 6.03. The van der Waals surface area contributed by atoms with Gasteiger partial charge in [0.1, 0.15) is 5.75 Å². The molecule has 3 nitrogen and oxygen atoms in total. The zero-order chi connectivity index (χ0) is 15.6. The molecule has 0 aliphatic rings. The Kier molecular flexibility index (Phi) is 4.06. The summed E-state index contributed by atoms with van der Waals surface area (Å²) in [5, 5.41) is 11.4. The molecule has 0 heterocycles. The third-order valence-electron chi connectivity index (χ3n) is 3.21. The smallest absolute Gasteiger partial charge is 0.390 e. The second-order valence-electron chi connectivity index (χ2n) is 4.77. The maximum atomic E-state index is 12.2. The van der Waals surface area contributed by atoms with Gasteiger partial charge in [-0.1, -0.05) is 30.3 Å². The van der Waals surface area contributed by atoms with E-state index in [1.807, 2.05) is 0 Å². The summed E-state index contributed by atoms with van der Waals surface area (Å²) in [5.41, 5.74) is -0.00151. The summed E-state index contributed by atoms with van der Waals surface area (Å²) in [7, 11) is 1.28. The summed E-state index contributed by atoms with van der Waals surface area (Å²) in [6, 6.07) is 10.0. The lowest BCUT2D eigenvalue weighted by molar-refractivity contribution is -0.136. The van der Waals surface area contributed by atoms with Crippen molar-refractivity contribution in [2.75, 3.05) is 13.6 Å². The van der Waals surface area contributed by atoms with E-state index >= 15 is 0 Å². The van der Waals surface area contributed by atoms with Crippen LogP contribution in [0.25, 0.3) is 10.8 Å². The van der Waals surface area contributed by atoms with Crippen LogP contribution in [0.4, 0.5) is 13.2 Å². The molecule has 0 spiro atoms. The first-order valence-corrected chi connectivity index (χ1v) is 6.32. The molecule has 1 amide bonds. The number of nitrogens with zero attached hydrogens (tertiary/aromatic N) is 1. The van der Waals surface area contributed by atoms with Gasteiger partial charge in [0.2, 0.25) is 0 Å². The predicted molar refractivity (Wildman–Crippen MR) is 73.2 cm³/mol. The van der Waals surface area contributed by atoms with Crippen molar-refractivity contribution in [1.82, 2.24) is 4.90 Å². The van der Waals surface area contributed by atoms with Crippen molar-refractivity contribution in [2.24, 2.45) is 0 Å². The topological polar surface area (TPSA) is 40.5 Å². The fraction of sp³-hybridized carbons (Fsp3) is 0.267. The van der Waals surface area contributed by atoms with Gasteiger partial charge in [0.05, 0.1) is 12.0 Å². The van der Waals surface area contributed by atoms with Crippen LogP contribution >= 0.6 is 0 Å². The highest BCUT2D eigenvalue weighted by atomic mass is 19.4. The number of fused-ring (bicyclic) bond motifs is 1. The number of phenolic OH excluding ortho intramolecular Hbond substituents is 1. The predicted octanol–water partition coefficient (Wildman–Crippen LogP) is 3.57. The molecule has 0 bridgehead atoms. The lowest BCUT2D eigenvalue weighted by Crippen LogP contribution is -2.30. The van der Waals surface area contributed by atoms with Crippen LogP contribution in [0.2, 0.25) is 0 Å². The second-order valence-corrected chi connectivity index (χ2v) is 4.77. The van der Waals surface area contributed by atoms with Gasteiger partial charge in [-0.25, -0.2) is 0 Å². The van der Waals surface area contributed by atoms with E-state index in [1.54, 1.807) is 30.3 Å². The Bertz CT molecular complexity index is 668. The Morgan fingerprint density at radius 2 is 1.86 bits per heavy atom. The molecule has 2 aromatic rings. The van der Waals surface area contributed by atoms with E-state index in [-0.39, 0.29) is 11.3 Å². The first kappa shape index (κ1) is 15.2. The molecule has 6 heteroatoms. The van der Waals surface area contributed by atoms with Gasteiger partial charge in [-0.3, -0.25) is 4.79 Å². The number of carbonyl (C=O) groups is 1. The van der Waals surface area contributed by atoms with Gasteiger partial charge < -0.3 is 10.0 Å². The van der Waals surface area contributed by atoms with Gasteiger partial charge in [-0.05, 0) is 11.5 Å². The van der Waals surface area contributed by atoms with Crippen molar-refractivity contribution >= 4 is 16.7 Å². The normalized spacial score (nSPS) is 11.6. The van der Waals surface area contributed by atoms with Crippen LogP contribution in [0.1, 0.15) is 16.8 Å². The lowest BCUT2D eigenvalue weighted by Gasteiger charge is -2.19. The van der Waals surface area contributed by atoms with E-state index in [4.69, 9.17) is 0 Å². The van der Waals surface area contributed by atoms with Crippen molar-refractivity contribution in [3.05, 3.63) is 42.0 Å². The molecule has 0 aliphatic heterocycles. The molecule has 112 valence electrons. The van der Waals surface area contributed by atoms with E-state index in [0.29, 0.717) is 5.39 Å². The maximum Gasteiger partial charge on any atom is 0.390 e. The summed E-state index contributed by atoms with van der Waals surface area (Å²) in [4.78, 5) is 13.1. The second kappa shape index (κ2) is 5.63. The monoisotopic (exact) mass is 297 g/mol. The summed E-state index contributed by atoms with van der Waals surface area (Å²) < 4.78 is 36.5. The van der Waals surface area contributed by atoms with Gasteiger partial charge >= 0.3 is 6.18 Å². The molecular formula is C15H14F3NO2. The zero-order valence-corrected chi connectivity index (χ0v) is 11.3. The average Bonchev–Trinajstić information content (AvgIpc) is 2.44. The number of hydrogen-bond donors (Lipinski definition) is 1. The number of hydrogen-bond acceptors (Lipinski definition) is 2. The van der Waals surface area contributed by atoms with Crippen LogP contribution in [-0.2, 0) is 0 Å². The number of alkyl halides is 3. The third-order valence-corrected chi connectivity index (χ3v) is 3.21. The lowest BCUT2D eigenvalue weighted by atomic mass is 10.0. The number of rotatable bonds is 3. The van der Waals surface area contributed by atoms with Gasteiger partial charge in [0.15, 0.2) is 0 Å².